The van der Waals surface area contributed by atoms with Crippen LogP contribution in [0.15, 0.2) is 0 Å². The van der Waals surface area contributed by atoms with E-state index < -0.39 is 29.6 Å². The molecule has 0 bridgehead atoms. The Morgan fingerprint density at radius 3 is 2.19 bits per heavy atom. The van der Waals surface area contributed by atoms with Crippen molar-refractivity contribution in [3.63, 3.8) is 0 Å². The first-order chi connectivity index (χ1) is 16.9. The van der Waals surface area contributed by atoms with Gasteiger partial charge in [-0.05, 0) is 74.4 Å². The Labute approximate surface area is 226 Å². The molecule has 0 radical (unpaired) electrons. The maximum absolute atomic E-state index is 13.9. The van der Waals surface area contributed by atoms with Crippen LogP contribution in [0.25, 0.3) is 0 Å². The van der Waals surface area contributed by atoms with Crippen molar-refractivity contribution in [2.75, 3.05) is 26.1 Å². The molecule has 3 saturated carbocycles. The number of fused-ring (bicyclic) bond motifs is 2. The number of ether oxygens (including phenoxy) is 2. The van der Waals surface area contributed by atoms with Crippen LogP contribution in [-0.4, -0.2) is 60.5 Å². The van der Waals surface area contributed by atoms with E-state index in [1.807, 2.05) is 0 Å². The highest BCUT2D eigenvalue weighted by molar-refractivity contribution is 7.85. The molecule has 37 heavy (non-hydrogen) atoms. The topological polar surface area (TPSA) is 88.1 Å². The number of hydrogen-bond donors (Lipinski definition) is 0. The molecule has 4 rings (SSSR count). The zero-order valence-electron chi connectivity index (χ0n) is 24.4. The lowest BCUT2D eigenvalue weighted by Gasteiger charge is -2.56. The van der Waals surface area contributed by atoms with E-state index in [4.69, 9.17) is 18.1 Å². The van der Waals surface area contributed by atoms with Crippen LogP contribution in [0.4, 0.5) is 0 Å². The first-order valence-corrected chi connectivity index (χ1v) is 19.0. The fourth-order valence-corrected chi connectivity index (χ4v) is 9.72. The predicted octanol–water partition coefficient (Wildman–Crippen LogP) is 5.69. The summed E-state index contributed by atoms with van der Waals surface area (Å²) in [5.41, 5.74) is -0.574. The van der Waals surface area contributed by atoms with Crippen LogP contribution in [0.1, 0.15) is 86.0 Å². The van der Waals surface area contributed by atoms with Crippen LogP contribution >= 0.6 is 0 Å². The summed E-state index contributed by atoms with van der Waals surface area (Å²) in [5, 5.41) is 0.109. The largest absolute Gasteiger partial charge is 0.413 e. The molecule has 0 aromatic rings. The van der Waals surface area contributed by atoms with Crippen molar-refractivity contribution in [2.24, 2.45) is 28.6 Å². The minimum Gasteiger partial charge on any atom is -0.413 e. The lowest BCUT2D eigenvalue weighted by Crippen LogP contribution is -2.56. The van der Waals surface area contributed by atoms with Gasteiger partial charge < -0.3 is 13.9 Å². The van der Waals surface area contributed by atoms with Gasteiger partial charge in [-0.15, -0.1) is 0 Å². The van der Waals surface area contributed by atoms with Gasteiger partial charge in [0, 0.05) is 23.7 Å². The molecule has 214 valence electrons. The molecule has 0 aromatic heterocycles. The Morgan fingerprint density at radius 1 is 1.00 bits per heavy atom. The summed E-state index contributed by atoms with van der Waals surface area (Å²) < 4.78 is 48.0. The van der Waals surface area contributed by atoms with Crippen molar-refractivity contribution >= 4 is 24.2 Å². The minimum atomic E-state index is -3.52. The molecule has 1 aliphatic heterocycles. The van der Waals surface area contributed by atoms with Crippen LogP contribution in [-0.2, 0) is 33.0 Å². The van der Waals surface area contributed by atoms with Gasteiger partial charge in [0.05, 0.1) is 32.2 Å². The van der Waals surface area contributed by atoms with Crippen LogP contribution in [0, 0.1) is 28.6 Å². The van der Waals surface area contributed by atoms with Gasteiger partial charge in [-0.25, -0.2) is 0 Å². The molecule has 1 spiro atoms. The molecule has 6 atom stereocenters. The Hall–Kier alpha value is -0.323. The minimum absolute atomic E-state index is 0.00243. The normalized spacial score (nSPS) is 38.8. The number of hydrogen-bond acceptors (Lipinski definition) is 7. The summed E-state index contributed by atoms with van der Waals surface area (Å²) in [7, 11) is -5.48. The lowest BCUT2D eigenvalue weighted by atomic mass is 9.50. The van der Waals surface area contributed by atoms with Gasteiger partial charge in [-0.2, -0.15) is 8.42 Å². The quantitative estimate of drug-likeness (QED) is 0.293. The molecule has 1 saturated heterocycles. The molecule has 0 amide bonds. The predicted molar refractivity (Wildman–Crippen MR) is 146 cm³/mol. The third-order valence-electron chi connectivity index (χ3n) is 11.1. The van der Waals surface area contributed by atoms with Gasteiger partial charge in [0.25, 0.3) is 10.1 Å². The SMILES string of the molecule is CC(C)(C)[Si](C)(C)O[C@H]1CC[C@](C)(C2CC[C@@]3(C)C(CCC34OCCO4)[C@@H]2CCOS(C)(=O)=O)C(=O)C1. The second-order valence-electron chi connectivity index (χ2n) is 14.2. The van der Waals surface area contributed by atoms with E-state index in [0.29, 0.717) is 37.8 Å². The molecule has 0 aromatic carbocycles. The van der Waals surface area contributed by atoms with Gasteiger partial charge in [0.1, 0.15) is 5.78 Å². The summed E-state index contributed by atoms with van der Waals surface area (Å²) in [4.78, 5) is 13.9. The zero-order valence-corrected chi connectivity index (χ0v) is 26.2. The van der Waals surface area contributed by atoms with Crippen LogP contribution in [0.3, 0.4) is 0 Å². The van der Waals surface area contributed by atoms with E-state index in [1.54, 1.807) is 0 Å². The van der Waals surface area contributed by atoms with E-state index in [9.17, 15) is 13.2 Å². The summed E-state index contributed by atoms with van der Waals surface area (Å²) in [5.74, 6) is 0.439. The maximum atomic E-state index is 13.9. The number of carbonyl (C=O) groups is 1. The van der Waals surface area contributed by atoms with Crippen LogP contribution in [0.5, 0.6) is 0 Å². The summed E-state index contributed by atoms with van der Waals surface area (Å²) in [6, 6.07) is 0. The smallest absolute Gasteiger partial charge is 0.264 e. The molecule has 4 aliphatic rings. The molecular weight excluding hydrogens is 508 g/mol. The Bertz CT molecular complexity index is 968. The standard InChI is InChI=1S/C28H50O7SSi/c1-25(2,3)37(7,8)35-20-9-13-26(4,24(29)19-20)22-10-14-27(5)23(11-15-28(27)32-17-18-33-28)21(22)12-16-34-36(6,30)31/h20-23H,9-19H2,1-8H3/t20-,21+,22?,23?,26+,27-/m0/s1. The molecular formula is C28H50O7SSi. The molecule has 0 N–H and O–H groups in total. The Balaban J connectivity index is 1.56. The van der Waals surface area contributed by atoms with E-state index in [0.717, 1.165) is 44.8 Å². The number of carbonyl (C=O) groups excluding carboxylic acids is 1. The summed E-state index contributed by atoms with van der Waals surface area (Å²) in [6.07, 6.45) is 7.63. The zero-order chi connectivity index (χ0) is 27.5. The van der Waals surface area contributed by atoms with Gasteiger partial charge >= 0.3 is 0 Å². The first kappa shape index (κ1) is 29.7. The number of rotatable bonds is 7. The molecule has 1 heterocycles. The first-order valence-electron chi connectivity index (χ1n) is 14.3. The summed E-state index contributed by atoms with van der Waals surface area (Å²) in [6.45, 7) is 17.1. The highest BCUT2D eigenvalue weighted by Crippen LogP contribution is 2.66. The van der Waals surface area contributed by atoms with Crippen molar-refractivity contribution in [3.05, 3.63) is 0 Å². The third kappa shape index (κ3) is 5.39. The second kappa shape index (κ2) is 9.95. The molecule has 4 fully saturated rings. The molecule has 9 heteroatoms. The monoisotopic (exact) mass is 558 g/mol. The fraction of sp³-hybridized carbons (Fsp3) is 0.964. The van der Waals surface area contributed by atoms with E-state index in [-0.39, 0.29) is 35.0 Å². The van der Waals surface area contributed by atoms with Gasteiger partial charge in [-0.3, -0.25) is 8.98 Å². The van der Waals surface area contributed by atoms with Gasteiger partial charge in [0.2, 0.25) is 0 Å². The van der Waals surface area contributed by atoms with Crippen molar-refractivity contribution in [2.45, 2.75) is 116 Å². The van der Waals surface area contributed by atoms with Gasteiger partial charge in [-0.1, -0.05) is 34.6 Å². The molecule has 3 aliphatic carbocycles. The van der Waals surface area contributed by atoms with E-state index in [1.165, 1.54) is 0 Å². The van der Waals surface area contributed by atoms with Crippen molar-refractivity contribution in [1.29, 1.82) is 0 Å². The van der Waals surface area contributed by atoms with Crippen molar-refractivity contribution in [3.8, 4) is 0 Å². The van der Waals surface area contributed by atoms with Crippen LogP contribution < -0.4 is 0 Å². The maximum Gasteiger partial charge on any atom is 0.264 e. The number of ketones is 1. The summed E-state index contributed by atoms with van der Waals surface area (Å²) >= 11 is 0. The Morgan fingerprint density at radius 2 is 1.62 bits per heavy atom. The fourth-order valence-electron chi connectivity index (χ4n) is 7.93. The highest BCUT2D eigenvalue weighted by Gasteiger charge is 2.66. The average Bonchev–Trinajstić information content (AvgIpc) is 3.35. The highest BCUT2D eigenvalue weighted by atomic mass is 32.2. The van der Waals surface area contributed by atoms with Crippen molar-refractivity contribution in [1.82, 2.24) is 0 Å². The van der Waals surface area contributed by atoms with E-state index in [2.05, 4.69) is 47.7 Å². The average molecular weight is 559 g/mol. The lowest BCUT2D eigenvalue weighted by molar-refractivity contribution is -0.242. The van der Waals surface area contributed by atoms with E-state index >= 15 is 0 Å². The Kier molecular flexibility index (Phi) is 7.97. The van der Waals surface area contributed by atoms with Crippen molar-refractivity contribution < 1.29 is 31.3 Å². The van der Waals surface area contributed by atoms with Crippen LogP contribution in [0.2, 0.25) is 18.1 Å². The third-order valence-corrected chi connectivity index (χ3v) is 16.2. The number of Topliss-reactive ketones (excluding diaryl/α,β-unsaturated/α-hetero) is 1. The second-order valence-corrected chi connectivity index (χ2v) is 20.6. The molecule has 2 unspecified atom stereocenters. The van der Waals surface area contributed by atoms with Gasteiger partial charge in [0.15, 0.2) is 14.1 Å². The molecule has 7 nitrogen and oxygen atoms in total.